The molecule has 0 aliphatic carbocycles. The smallest absolute Gasteiger partial charge is 0.323 e. The lowest BCUT2D eigenvalue weighted by atomic mass is 10.2. The number of para-hydroxylation sites is 1. The van der Waals surface area contributed by atoms with Crippen LogP contribution in [0.1, 0.15) is 24.3 Å². The van der Waals surface area contributed by atoms with Gasteiger partial charge in [-0.05, 0) is 18.1 Å². The summed E-state index contributed by atoms with van der Waals surface area (Å²) in [6.45, 7) is 3.76. The lowest BCUT2D eigenvalue weighted by molar-refractivity contribution is -0.137. The fraction of sp³-hybridized carbons (Fsp3) is 0.333. The molecule has 0 saturated carbocycles. The molecule has 23 heavy (non-hydrogen) atoms. The van der Waals surface area contributed by atoms with Crippen LogP contribution in [-0.4, -0.2) is 50.0 Å². The molecule has 0 fully saturated rings. The first kappa shape index (κ1) is 17.0. The zero-order valence-electron chi connectivity index (χ0n) is 12.8. The first-order chi connectivity index (χ1) is 10.9. The molecule has 0 bridgehead atoms. The number of halogens is 1. The molecular weight excluding hydrogens is 320 g/mol. The maximum Gasteiger partial charge on any atom is 0.323 e. The highest BCUT2D eigenvalue weighted by molar-refractivity contribution is 6.32. The summed E-state index contributed by atoms with van der Waals surface area (Å²) >= 11 is 6.09. The summed E-state index contributed by atoms with van der Waals surface area (Å²) in [7, 11) is 0. The zero-order valence-corrected chi connectivity index (χ0v) is 13.6. The minimum absolute atomic E-state index is 0.0758. The molecule has 0 aliphatic heterocycles. The van der Waals surface area contributed by atoms with Crippen molar-refractivity contribution in [3.8, 4) is 5.69 Å². The van der Waals surface area contributed by atoms with Gasteiger partial charge >= 0.3 is 5.97 Å². The monoisotopic (exact) mass is 336 g/mol. The fourth-order valence-corrected chi connectivity index (χ4v) is 2.32. The minimum atomic E-state index is -1.07. The molecule has 1 heterocycles. The highest BCUT2D eigenvalue weighted by atomic mass is 35.5. The number of amides is 1. The first-order valence-electron chi connectivity index (χ1n) is 7.06. The normalized spacial score (nSPS) is 10.8. The van der Waals surface area contributed by atoms with E-state index in [0.717, 1.165) is 0 Å². The van der Waals surface area contributed by atoms with Crippen LogP contribution in [0.4, 0.5) is 0 Å². The van der Waals surface area contributed by atoms with E-state index in [1.165, 1.54) is 15.8 Å². The van der Waals surface area contributed by atoms with Crippen molar-refractivity contribution < 1.29 is 14.7 Å². The van der Waals surface area contributed by atoms with Gasteiger partial charge in [0.1, 0.15) is 6.54 Å². The fourth-order valence-electron chi connectivity index (χ4n) is 2.10. The highest BCUT2D eigenvalue weighted by Gasteiger charge is 2.22. The Labute approximate surface area is 138 Å². The van der Waals surface area contributed by atoms with Crippen molar-refractivity contribution in [2.45, 2.75) is 13.8 Å². The Balaban J connectivity index is 2.25. The second-order valence-corrected chi connectivity index (χ2v) is 5.88. The molecule has 0 unspecified atom stereocenters. The van der Waals surface area contributed by atoms with Gasteiger partial charge < -0.3 is 10.0 Å². The summed E-state index contributed by atoms with van der Waals surface area (Å²) in [5.41, 5.74) is 0.668. The van der Waals surface area contributed by atoms with Gasteiger partial charge in [0.15, 0.2) is 5.69 Å². The van der Waals surface area contributed by atoms with Crippen LogP contribution in [0.5, 0.6) is 0 Å². The highest BCUT2D eigenvalue weighted by Crippen LogP contribution is 2.19. The molecule has 2 rings (SSSR count). The summed E-state index contributed by atoms with van der Waals surface area (Å²) < 4.78 is 1.39. The van der Waals surface area contributed by atoms with E-state index in [1.54, 1.807) is 24.3 Å². The number of nitrogens with zero attached hydrogens (tertiary/aromatic N) is 4. The Kier molecular flexibility index (Phi) is 5.33. The second kappa shape index (κ2) is 7.23. The summed E-state index contributed by atoms with van der Waals surface area (Å²) in [6.07, 6.45) is 1.44. The number of hydrogen-bond acceptors (Lipinski definition) is 4. The number of carbonyl (C=O) groups is 2. The van der Waals surface area contributed by atoms with E-state index in [9.17, 15) is 9.59 Å². The zero-order chi connectivity index (χ0) is 17.0. The van der Waals surface area contributed by atoms with Crippen LogP contribution in [0.3, 0.4) is 0 Å². The van der Waals surface area contributed by atoms with Crippen LogP contribution in [-0.2, 0) is 4.79 Å². The molecule has 1 N–H and O–H groups in total. The van der Waals surface area contributed by atoms with Gasteiger partial charge in [0.2, 0.25) is 0 Å². The molecule has 0 atom stereocenters. The van der Waals surface area contributed by atoms with Crippen LogP contribution >= 0.6 is 11.6 Å². The van der Waals surface area contributed by atoms with E-state index in [-0.39, 0.29) is 18.2 Å². The topological polar surface area (TPSA) is 88.3 Å². The predicted octanol–water partition coefficient (Wildman–Crippen LogP) is 2.10. The van der Waals surface area contributed by atoms with E-state index in [2.05, 4.69) is 10.3 Å². The molecule has 2 aromatic rings. The van der Waals surface area contributed by atoms with Gasteiger partial charge in [0, 0.05) is 6.54 Å². The Morgan fingerprint density at radius 1 is 1.35 bits per heavy atom. The minimum Gasteiger partial charge on any atom is -0.480 e. The quantitative estimate of drug-likeness (QED) is 0.872. The van der Waals surface area contributed by atoms with E-state index in [0.29, 0.717) is 17.3 Å². The van der Waals surface area contributed by atoms with Gasteiger partial charge in [-0.25, -0.2) is 4.68 Å². The number of benzene rings is 1. The van der Waals surface area contributed by atoms with E-state index in [1.807, 2.05) is 13.8 Å². The maximum atomic E-state index is 12.5. The van der Waals surface area contributed by atoms with Gasteiger partial charge in [-0.1, -0.05) is 42.8 Å². The van der Waals surface area contributed by atoms with Crippen LogP contribution < -0.4 is 0 Å². The van der Waals surface area contributed by atoms with E-state index < -0.39 is 11.9 Å². The number of aliphatic carboxylic acids is 1. The number of carboxylic acids is 1. The number of aromatic nitrogens is 3. The standard InChI is InChI=1S/C15H17ClN4O3/c1-10(2)7-19(9-14(21)22)15(23)12-8-20(18-17-12)13-6-4-3-5-11(13)16/h3-6,8,10H,7,9H2,1-2H3,(H,21,22). The van der Waals surface area contributed by atoms with E-state index >= 15 is 0 Å². The van der Waals surface area contributed by atoms with Crippen LogP contribution in [0.2, 0.25) is 5.02 Å². The average molecular weight is 337 g/mol. The number of carboxylic acid groups (broad SMARTS) is 1. The number of carbonyl (C=O) groups excluding carboxylic acids is 1. The Hall–Kier alpha value is -2.41. The number of hydrogen-bond donors (Lipinski definition) is 1. The lowest BCUT2D eigenvalue weighted by Gasteiger charge is -2.21. The summed E-state index contributed by atoms with van der Waals surface area (Å²) in [4.78, 5) is 24.6. The molecule has 0 radical (unpaired) electrons. The Morgan fingerprint density at radius 2 is 2.04 bits per heavy atom. The van der Waals surface area contributed by atoms with Crippen molar-refractivity contribution in [2.75, 3.05) is 13.1 Å². The Bertz CT molecular complexity index is 714. The SMILES string of the molecule is CC(C)CN(CC(=O)O)C(=O)c1cn(-c2ccccc2Cl)nn1. The molecule has 0 saturated heterocycles. The first-order valence-corrected chi connectivity index (χ1v) is 7.44. The van der Waals surface area contributed by atoms with Gasteiger partial charge in [0.05, 0.1) is 16.9 Å². The van der Waals surface area contributed by atoms with Gasteiger partial charge in [-0.2, -0.15) is 0 Å². The van der Waals surface area contributed by atoms with Gasteiger partial charge in [0.25, 0.3) is 5.91 Å². The third kappa shape index (κ3) is 4.29. The molecule has 0 spiro atoms. The molecule has 0 aliphatic rings. The lowest BCUT2D eigenvalue weighted by Crippen LogP contribution is -2.38. The predicted molar refractivity (Wildman–Crippen MR) is 84.7 cm³/mol. The second-order valence-electron chi connectivity index (χ2n) is 5.47. The maximum absolute atomic E-state index is 12.5. The molecule has 122 valence electrons. The molecule has 1 amide bonds. The number of rotatable bonds is 6. The van der Waals surface area contributed by atoms with Crippen molar-refractivity contribution in [1.29, 1.82) is 0 Å². The van der Waals surface area contributed by atoms with Crippen molar-refractivity contribution >= 4 is 23.5 Å². The van der Waals surface area contributed by atoms with Gasteiger partial charge in [-0.3, -0.25) is 9.59 Å². The van der Waals surface area contributed by atoms with Crippen molar-refractivity contribution in [1.82, 2.24) is 19.9 Å². The van der Waals surface area contributed by atoms with E-state index in [4.69, 9.17) is 16.7 Å². The van der Waals surface area contributed by atoms with Gasteiger partial charge in [-0.15, -0.1) is 5.10 Å². The molecule has 8 heteroatoms. The average Bonchev–Trinajstić information content (AvgIpc) is 2.95. The molecular formula is C15H17ClN4O3. The van der Waals surface area contributed by atoms with Crippen LogP contribution in [0.15, 0.2) is 30.5 Å². The molecule has 7 nitrogen and oxygen atoms in total. The summed E-state index contributed by atoms with van der Waals surface area (Å²) in [6, 6.07) is 7.02. The third-order valence-corrected chi connectivity index (χ3v) is 3.33. The summed E-state index contributed by atoms with van der Waals surface area (Å²) in [5.74, 6) is -1.41. The van der Waals surface area contributed by atoms with Crippen molar-refractivity contribution in [3.63, 3.8) is 0 Å². The van der Waals surface area contributed by atoms with Crippen LogP contribution in [0.25, 0.3) is 5.69 Å². The Morgan fingerprint density at radius 3 is 2.65 bits per heavy atom. The van der Waals surface area contributed by atoms with Crippen molar-refractivity contribution in [2.24, 2.45) is 5.92 Å². The third-order valence-electron chi connectivity index (χ3n) is 3.01. The van der Waals surface area contributed by atoms with Crippen molar-refractivity contribution in [3.05, 3.63) is 41.2 Å². The van der Waals surface area contributed by atoms with Crippen LogP contribution in [0, 0.1) is 5.92 Å². The summed E-state index contributed by atoms with van der Waals surface area (Å²) in [5, 5.41) is 17.2. The molecule has 1 aromatic carbocycles. The molecule has 1 aromatic heterocycles. The largest absolute Gasteiger partial charge is 0.480 e.